The molecule has 0 aliphatic heterocycles. The molecule has 208 valence electrons. The quantitative estimate of drug-likeness (QED) is 0.128. The van der Waals surface area contributed by atoms with Crippen molar-refractivity contribution in [2.75, 3.05) is 21.1 Å². The molecule has 0 aliphatic carbocycles. The second-order valence-corrected chi connectivity index (χ2v) is 10.3. The molecule has 1 atom stereocenters. The molecule has 0 amide bonds. The molecule has 0 radical (unpaired) electrons. The van der Waals surface area contributed by atoms with Gasteiger partial charge in [-0.25, -0.2) is 0 Å². The van der Waals surface area contributed by atoms with Crippen molar-refractivity contribution in [1.82, 2.24) is 4.90 Å². The summed E-state index contributed by atoms with van der Waals surface area (Å²) in [5.41, 5.74) is 5.97. The summed E-state index contributed by atoms with van der Waals surface area (Å²) in [5.74, 6) is 0. The smallest absolute Gasteiger partial charge is 0.333 e. The summed E-state index contributed by atoms with van der Waals surface area (Å²) in [6.45, 7) is 2.30. The first-order chi connectivity index (χ1) is 16.8. The third-order valence-corrected chi connectivity index (χ3v) is 6.14. The average molecular weight is 517 g/mol. The van der Waals surface area contributed by atoms with Crippen LogP contribution in [0.3, 0.4) is 0 Å². The fraction of sp³-hybridized carbons (Fsp3) is 0.786. The molecule has 0 fully saturated rings. The summed E-state index contributed by atoms with van der Waals surface area (Å²) in [6, 6.07) is 11.6. The minimum atomic E-state index is -4.67. The van der Waals surface area contributed by atoms with E-state index in [-0.39, 0.29) is 0 Å². The summed E-state index contributed by atoms with van der Waals surface area (Å²) in [6.07, 6.45) is 24.4. The molecule has 0 bridgehead atoms. The van der Waals surface area contributed by atoms with Gasteiger partial charge in [0, 0.05) is 6.04 Å². The summed E-state index contributed by atoms with van der Waals surface area (Å²) < 4.78 is 31.6. The molecule has 1 aromatic rings. The van der Waals surface area contributed by atoms with Crippen molar-refractivity contribution in [2.24, 2.45) is 5.73 Å². The molecule has 0 aliphatic rings. The van der Waals surface area contributed by atoms with Crippen molar-refractivity contribution in [1.29, 1.82) is 0 Å². The Morgan fingerprint density at radius 3 is 1.31 bits per heavy atom. The number of benzene rings is 1. The van der Waals surface area contributed by atoms with Crippen LogP contribution in [0.5, 0.6) is 0 Å². The monoisotopic (exact) mass is 516 g/mol. The molecule has 7 heteroatoms. The standard InChI is InChI=1S/C27H49N.CH5N.H2O4S/c1-4-5-6-7-8-9-10-11-12-13-14-15-16-17-18-22-25-27(28(2)3)26-23-20-19-21-24-26;1-2;1-5(2,3)4/h19-21,23-24,27H,4-18,22,25H2,1-3H3;2H2,1H3;(H2,1,2,3,4). The number of nitrogens with zero attached hydrogens (tertiary/aromatic N) is 1. The zero-order chi connectivity index (χ0) is 26.8. The Morgan fingerprint density at radius 2 is 1.00 bits per heavy atom. The van der Waals surface area contributed by atoms with Crippen LogP contribution in [-0.2, 0) is 10.4 Å². The lowest BCUT2D eigenvalue weighted by Gasteiger charge is -2.24. The largest absolute Gasteiger partial charge is 0.394 e. The van der Waals surface area contributed by atoms with E-state index in [9.17, 15) is 0 Å². The second kappa shape index (κ2) is 26.1. The van der Waals surface area contributed by atoms with Gasteiger partial charge in [0.1, 0.15) is 0 Å². The molecule has 35 heavy (non-hydrogen) atoms. The topological polar surface area (TPSA) is 104 Å². The van der Waals surface area contributed by atoms with Gasteiger partial charge in [-0.15, -0.1) is 0 Å². The molecule has 1 unspecified atom stereocenters. The van der Waals surface area contributed by atoms with Crippen molar-refractivity contribution in [3.8, 4) is 0 Å². The number of hydrogen-bond acceptors (Lipinski definition) is 4. The Bertz CT molecular complexity index is 632. The van der Waals surface area contributed by atoms with Gasteiger partial charge >= 0.3 is 10.4 Å². The first kappa shape index (κ1) is 36.2. The first-order valence-corrected chi connectivity index (χ1v) is 15.1. The number of nitrogens with two attached hydrogens (primary N) is 1. The lowest BCUT2D eigenvalue weighted by atomic mass is 9.98. The highest BCUT2D eigenvalue weighted by molar-refractivity contribution is 7.79. The highest BCUT2D eigenvalue weighted by Crippen LogP contribution is 2.24. The summed E-state index contributed by atoms with van der Waals surface area (Å²) in [7, 11) is 1.26. The summed E-state index contributed by atoms with van der Waals surface area (Å²) in [4.78, 5) is 2.38. The van der Waals surface area contributed by atoms with Crippen molar-refractivity contribution >= 4 is 10.4 Å². The third-order valence-electron chi connectivity index (χ3n) is 6.14. The normalized spacial score (nSPS) is 11.9. The van der Waals surface area contributed by atoms with Gasteiger partial charge in [-0.3, -0.25) is 9.11 Å². The van der Waals surface area contributed by atoms with E-state index in [4.69, 9.17) is 17.5 Å². The van der Waals surface area contributed by atoms with Gasteiger partial charge in [0.2, 0.25) is 0 Å². The molecular formula is C28H56N2O4S. The van der Waals surface area contributed by atoms with Crippen LogP contribution in [-0.4, -0.2) is 43.6 Å². The van der Waals surface area contributed by atoms with E-state index < -0.39 is 10.4 Å². The average Bonchev–Trinajstić information content (AvgIpc) is 2.81. The van der Waals surface area contributed by atoms with Gasteiger partial charge in [0.25, 0.3) is 0 Å². The van der Waals surface area contributed by atoms with Crippen LogP contribution in [0.25, 0.3) is 0 Å². The molecule has 4 N–H and O–H groups in total. The number of hydrogen-bond donors (Lipinski definition) is 3. The van der Waals surface area contributed by atoms with Crippen LogP contribution >= 0.6 is 0 Å². The highest BCUT2D eigenvalue weighted by atomic mass is 32.3. The zero-order valence-electron chi connectivity index (χ0n) is 23.1. The van der Waals surface area contributed by atoms with Gasteiger partial charge in [-0.1, -0.05) is 140 Å². The summed E-state index contributed by atoms with van der Waals surface area (Å²) >= 11 is 0. The van der Waals surface area contributed by atoms with E-state index in [0.717, 1.165) is 0 Å². The second-order valence-electron chi connectivity index (χ2n) is 9.43. The molecule has 0 saturated heterocycles. The fourth-order valence-electron chi connectivity index (χ4n) is 4.28. The molecule has 0 heterocycles. The zero-order valence-corrected chi connectivity index (χ0v) is 23.9. The molecule has 1 aromatic carbocycles. The maximum absolute atomic E-state index is 8.74. The number of rotatable bonds is 19. The van der Waals surface area contributed by atoms with Gasteiger partial charge in [0.05, 0.1) is 0 Å². The fourth-order valence-corrected chi connectivity index (χ4v) is 4.28. The van der Waals surface area contributed by atoms with Crippen LogP contribution in [0.2, 0.25) is 0 Å². The van der Waals surface area contributed by atoms with Crippen LogP contribution in [0.4, 0.5) is 0 Å². The maximum atomic E-state index is 8.74. The molecular weight excluding hydrogens is 460 g/mol. The van der Waals surface area contributed by atoms with Crippen LogP contribution < -0.4 is 5.73 Å². The van der Waals surface area contributed by atoms with E-state index in [1.54, 1.807) is 0 Å². The Hall–Kier alpha value is -0.990. The molecule has 1 rings (SSSR count). The Labute approximate surface area is 217 Å². The first-order valence-electron chi connectivity index (χ1n) is 13.7. The minimum absolute atomic E-state index is 0.577. The summed E-state index contributed by atoms with van der Waals surface area (Å²) in [5, 5.41) is 0. The van der Waals surface area contributed by atoms with E-state index >= 15 is 0 Å². The Balaban J connectivity index is 0. The molecule has 0 spiro atoms. The van der Waals surface area contributed by atoms with Crippen molar-refractivity contribution in [2.45, 2.75) is 122 Å². The van der Waals surface area contributed by atoms with Crippen LogP contribution in [0.1, 0.15) is 128 Å². The van der Waals surface area contributed by atoms with Gasteiger partial charge in [0.15, 0.2) is 0 Å². The SMILES string of the molecule is CCCCCCCCCCCCCCCCCCC(c1ccccc1)N(C)C.CN.O=S(=O)(O)O. The van der Waals surface area contributed by atoms with Gasteiger partial charge in [-0.2, -0.15) is 8.42 Å². The highest BCUT2D eigenvalue weighted by Gasteiger charge is 2.12. The van der Waals surface area contributed by atoms with Gasteiger partial charge in [-0.05, 0) is 33.1 Å². The molecule has 6 nitrogen and oxygen atoms in total. The number of unbranched alkanes of at least 4 members (excludes halogenated alkanes) is 15. The molecule has 0 saturated carbocycles. The predicted molar refractivity (Wildman–Crippen MR) is 151 cm³/mol. The van der Waals surface area contributed by atoms with E-state index in [1.807, 2.05) is 0 Å². The van der Waals surface area contributed by atoms with E-state index in [1.165, 1.54) is 122 Å². The Morgan fingerprint density at radius 1 is 0.686 bits per heavy atom. The van der Waals surface area contributed by atoms with Crippen molar-refractivity contribution < 1.29 is 17.5 Å². The van der Waals surface area contributed by atoms with Gasteiger partial charge < -0.3 is 10.6 Å². The minimum Gasteiger partial charge on any atom is -0.333 e. The third kappa shape index (κ3) is 29.1. The van der Waals surface area contributed by atoms with Crippen molar-refractivity contribution in [3.05, 3.63) is 35.9 Å². The van der Waals surface area contributed by atoms with Crippen molar-refractivity contribution in [3.63, 3.8) is 0 Å². The van der Waals surface area contributed by atoms with E-state index in [0.29, 0.717) is 6.04 Å². The Kier molecular flexibility index (Phi) is 27.0. The maximum Gasteiger partial charge on any atom is 0.394 e. The van der Waals surface area contributed by atoms with Crippen LogP contribution in [0.15, 0.2) is 30.3 Å². The lowest BCUT2D eigenvalue weighted by Crippen LogP contribution is -2.19. The lowest BCUT2D eigenvalue weighted by molar-refractivity contribution is 0.276. The van der Waals surface area contributed by atoms with Crippen LogP contribution in [0, 0.1) is 0 Å². The predicted octanol–water partition coefficient (Wildman–Crippen LogP) is 7.86. The molecule has 0 aromatic heterocycles. The van der Waals surface area contributed by atoms with E-state index in [2.05, 4.69) is 62.0 Å².